The van der Waals surface area contributed by atoms with Crippen molar-refractivity contribution in [3.8, 4) is 0 Å². The Balaban J connectivity index is 2.21. The smallest absolute Gasteiger partial charge is 0.305 e. The summed E-state index contributed by atoms with van der Waals surface area (Å²) < 4.78 is 3.76. The Hall–Kier alpha value is -1.99. The van der Waals surface area contributed by atoms with Gasteiger partial charge in [0.25, 0.3) is 5.91 Å². The number of carboxylic acids is 1. The van der Waals surface area contributed by atoms with Gasteiger partial charge < -0.3 is 10.4 Å². The Morgan fingerprint density at radius 2 is 2.05 bits per heavy atom. The number of aromatic nitrogens is 2. The molecule has 0 bridgehead atoms. The molecular weight excluding hydrogens is 326 g/mol. The van der Waals surface area contributed by atoms with Gasteiger partial charge in [0.05, 0.1) is 18.2 Å². The summed E-state index contributed by atoms with van der Waals surface area (Å²) in [7, 11) is 0. The fourth-order valence-electron chi connectivity index (χ4n) is 1.96. The van der Waals surface area contributed by atoms with E-state index in [1.807, 2.05) is 6.92 Å². The summed E-state index contributed by atoms with van der Waals surface area (Å²) >= 11 is 6.83. The van der Waals surface area contributed by atoms with Crippen LogP contribution in [-0.4, -0.2) is 26.6 Å². The topological polar surface area (TPSA) is 92.2 Å². The Morgan fingerprint density at radius 1 is 1.36 bits per heavy atom. The van der Waals surface area contributed by atoms with Gasteiger partial charge in [-0.2, -0.15) is 0 Å². The molecule has 1 heterocycles. The predicted molar refractivity (Wildman–Crippen MR) is 83.2 cm³/mol. The summed E-state index contributed by atoms with van der Waals surface area (Å²) in [4.78, 5) is 23.8. The van der Waals surface area contributed by atoms with Crippen LogP contribution in [0.2, 0.25) is 5.02 Å². The van der Waals surface area contributed by atoms with E-state index in [1.165, 1.54) is 0 Å². The van der Waals surface area contributed by atoms with E-state index >= 15 is 0 Å². The summed E-state index contributed by atoms with van der Waals surface area (Å²) in [6.45, 7) is 1.88. The van der Waals surface area contributed by atoms with Crippen molar-refractivity contribution < 1.29 is 14.7 Å². The second-order valence-corrected chi connectivity index (χ2v) is 5.77. The van der Waals surface area contributed by atoms with E-state index < -0.39 is 12.0 Å². The average molecular weight is 340 g/mol. The van der Waals surface area contributed by atoms with Gasteiger partial charge in [-0.25, -0.2) is 0 Å². The highest BCUT2D eigenvalue weighted by molar-refractivity contribution is 7.08. The largest absolute Gasteiger partial charge is 0.481 e. The molecule has 0 aliphatic carbocycles. The fraction of sp³-hybridized carbons (Fsp3) is 0.286. The zero-order valence-corrected chi connectivity index (χ0v) is 13.3. The highest BCUT2D eigenvalue weighted by Crippen LogP contribution is 2.21. The number of benzene rings is 1. The van der Waals surface area contributed by atoms with Gasteiger partial charge in [-0.1, -0.05) is 35.1 Å². The fourth-order valence-corrected chi connectivity index (χ4v) is 2.74. The van der Waals surface area contributed by atoms with E-state index in [4.69, 9.17) is 16.7 Å². The van der Waals surface area contributed by atoms with E-state index in [1.54, 1.807) is 24.3 Å². The maximum Gasteiger partial charge on any atom is 0.305 e. The van der Waals surface area contributed by atoms with Crippen molar-refractivity contribution in [2.24, 2.45) is 0 Å². The van der Waals surface area contributed by atoms with Crippen LogP contribution in [0.4, 0.5) is 0 Å². The van der Waals surface area contributed by atoms with Crippen molar-refractivity contribution in [2.45, 2.75) is 25.8 Å². The first-order valence-corrected chi connectivity index (χ1v) is 7.75. The minimum absolute atomic E-state index is 0.221. The van der Waals surface area contributed by atoms with Crippen LogP contribution in [0.3, 0.4) is 0 Å². The molecule has 22 heavy (non-hydrogen) atoms. The van der Waals surface area contributed by atoms with E-state index in [2.05, 4.69) is 14.9 Å². The van der Waals surface area contributed by atoms with Gasteiger partial charge in [-0.3, -0.25) is 9.59 Å². The number of carbonyl (C=O) groups excluding carboxylic acids is 1. The molecule has 0 unspecified atom stereocenters. The molecule has 0 fully saturated rings. The quantitative estimate of drug-likeness (QED) is 0.844. The summed E-state index contributed by atoms with van der Waals surface area (Å²) in [5.74, 6) is -1.37. The highest BCUT2D eigenvalue weighted by Gasteiger charge is 2.22. The highest BCUT2D eigenvalue weighted by atomic mass is 35.5. The van der Waals surface area contributed by atoms with Crippen molar-refractivity contribution in [3.05, 3.63) is 45.4 Å². The van der Waals surface area contributed by atoms with Gasteiger partial charge in [-0.05, 0) is 35.6 Å². The average Bonchev–Trinajstić information content (AvgIpc) is 2.95. The number of rotatable bonds is 6. The molecule has 0 spiro atoms. The Bertz CT molecular complexity index is 672. The van der Waals surface area contributed by atoms with Gasteiger partial charge >= 0.3 is 5.97 Å². The first kappa shape index (κ1) is 16.4. The van der Waals surface area contributed by atoms with Crippen LogP contribution in [0.15, 0.2) is 24.3 Å². The number of halogens is 1. The molecule has 0 radical (unpaired) electrons. The Morgan fingerprint density at radius 3 is 2.64 bits per heavy atom. The monoisotopic (exact) mass is 339 g/mol. The lowest BCUT2D eigenvalue weighted by Crippen LogP contribution is -2.30. The van der Waals surface area contributed by atoms with Crippen molar-refractivity contribution in [1.82, 2.24) is 14.9 Å². The van der Waals surface area contributed by atoms with E-state index in [9.17, 15) is 9.59 Å². The minimum atomic E-state index is -1.00. The van der Waals surface area contributed by atoms with Gasteiger partial charge in [0, 0.05) is 5.02 Å². The number of carbonyl (C=O) groups is 2. The summed E-state index contributed by atoms with van der Waals surface area (Å²) in [5, 5.41) is 16.2. The van der Waals surface area contributed by atoms with Crippen molar-refractivity contribution in [3.63, 3.8) is 0 Å². The summed E-state index contributed by atoms with van der Waals surface area (Å²) in [6, 6.07) is 6.06. The third kappa shape index (κ3) is 4.02. The van der Waals surface area contributed by atoms with Crippen LogP contribution in [0, 0.1) is 0 Å². The van der Waals surface area contributed by atoms with E-state index in [0.717, 1.165) is 11.5 Å². The zero-order valence-electron chi connectivity index (χ0n) is 11.7. The van der Waals surface area contributed by atoms with Crippen LogP contribution in [-0.2, 0) is 11.2 Å². The molecule has 1 atom stereocenters. The molecule has 0 aliphatic heterocycles. The molecule has 1 aromatic carbocycles. The van der Waals surface area contributed by atoms with Crippen LogP contribution in [0.25, 0.3) is 0 Å². The van der Waals surface area contributed by atoms with Crippen LogP contribution < -0.4 is 5.32 Å². The first-order chi connectivity index (χ1) is 10.5. The number of carboxylic acid groups (broad SMARTS) is 1. The molecule has 0 saturated heterocycles. The Kier molecular flexibility index (Phi) is 5.46. The predicted octanol–water partition coefficient (Wildman–Crippen LogP) is 2.70. The van der Waals surface area contributed by atoms with Gasteiger partial charge in [-0.15, -0.1) is 5.10 Å². The SMILES string of the molecule is CCc1nnsc1C(=O)N[C@@H](CC(=O)O)c1ccc(Cl)cc1. The minimum Gasteiger partial charge on any atom is -0.481 e. The van der Waals surface area contributed by atoms with Gasteiger partial charge in [0.1, 0.15) is 4.88 Å². The van der Waals surface area contributed by atoms with Crippen LogP contribution in [0.1, 0.15) is 40.3 Å². The number of hydrogen-bond donors (Lipinski definition) is 2. The molecule has 6 nitrogen and oxygen atoms in total. The lowest BCUT2D eigenvalue weighted by molar-refractivity contribution is -0.137. The second-order valence-electron chi connectivity index (χ2n) is 4.58. The standard InChI is InChI=1S/C14H14ClN3O3S/c1-2-10-13(22-18-17-10)14(21)16-11(7-12(19)20)8-3-5-9(15)6-4-8/h3-6,11H,2,7H2,1H3,(H,16,21)(H,19,20)/t11-/m0/s1. The molecule has 0 saturated carbocycles. The third-order valence-electron chi connectivity index (χ3n) is 3.05. The van der Waals surface area contributed by atoms with Gasteiger partial charge in [0.2, 0.25) is 0 Å². The van der Waals surface area contributed by atoms with Gasteiger partial charge in [0.15, 0.2) is 0 Å². The molecule has 2 aromatic rings. The number of nitrogens with zero attached hydrogens (tertiary/aromatic N) is 2. The van der Waals surface area contributed by atoms with E-state index in [0.29, 0.717) is 27.6 Å². The van der Waals surface area contributed by atoms with Crippen molar-refractivity contribution in [1.29, 1.82) is 0 Å². The molecule has 1 aromatic heterocycles. The Labute approximate surface area is 136 Å². The normalized spacial score (nSPS) is 11.9. The van der Waals surface area contributed by atoms with Crippen molar-refractivity contribution >= 4 is 35.0 Å². The maximum atomic E-state index is 12.3. The lowest BCUT2D eigenvalue weighted by Gasteiger charge is -2.17. The maximum absolute atomic E-state index is 12.3. The molecular formula is C14H14ClN3O3S. The summed E-state index contributed by atoms with van der Waals surface area (Å²) in [6.07, 6.45) is 0.366. The lowest BCUT2D eigenvalue weighted by atomic mass is 10.0. The number of aryl methyl sites for hydroxylation is 1. The van der Waals surface area contributed by atoms with Crippen molar-refractivity contribution in [2.75, 3.05) is 0 Å². The zero-order chi connectivity index (χ0) is 16.1. The molecule has 116 valence electrons. The molecule has 0 aliphatic rings. The second kappa shape index (κ2) is 7.33. The third-order valence-corrected chi connectivity index (χ3v) is 4.07. The first-order valence-electron chi connectivity index (χ1n) is 6.60. The number of hydrogen-bond acceptors (Lipinski definition) is 5. The van der Waals surface area contributed by atoms with Crippen LogP contribution >= 0.6 is 23.1 Å². The summed E-state index contributed by atoms with van der Waals surface area (Å²) in [5.41, 5.74) is 1.28. The number of aliphatic carboxylic acids is 1. The van der Waals surface area contributed by atoms with Crippen LogP contribution in [0.5, 0.6) is 0 Å². The van der Waals surface area contributed by atoms with E-state index in [-0.39, 0.29) is 12.3 Å². The molecule has 1 amide bonds. The molecule has 2 N–H and O–H groups in total. The molecule has 8 heteroatoms. The number of nitrogens with one attached hydrogen (secondary N) is 1. The molecule has 2 rings (SSSR count). The number of amides is 1.